The van der Waals surface area contributed by atoms with Gasteiger partial charge in [0.2, 0.25) is 5.91 Å². The zero-order chi connectivity index (χ0) is 19.4. The minimum absolute atomic E-state index is 0.141. The van der Waals surface area contributed by atoms with Crippen LogP contribution < -0.4 is 4.90 Å². The highest BCUT2D eigenvalue weighted by Gasteiger charge is 2.34. The van der Waals surface area contributed by atoms with E-state index in [4.69, 9.17) is 4.74 Å². The highest BCUT2D eigenvalue weighted by atomic mass is 16.6. The number of carbonyl (C=O) groups excluding carboxylic acids is 2. The molecule has 0 N–H and O–H groups in total. The highest BCUT2D eigenvalue weighted by molar-refractivity contribution is 5.80. The summed E-state index contributed by atoms with van der Waals surface area (Å²) in [7, 11) is 0. The molecule has 3 heterocycles. The first-order valence-corrected chi connectivity index (χ1v) is 9.61. The lowest BCUT2D eigenvalue weighted by Gasteiger charge is -2.39. The fraction of sp³-hybridized carbons (Fsp3) is 0.684. The van der Waals surface area contributed by atoms with Gasteiger partial charge >= 0.3 is 6.09 Å². The molecule has 0 radical (unpaired) electrons. The molecule has 3 rings (SSSR count). The van der Waals surface area contributed by atoms with Crippen LogP contribution in [-0.2, 0) is 9.53 Å². The van der Waals surface area contributed by atoms with Gasteiger partial charge in [-0.15, -0.1) is 0 Å². The van der Waals surface area contributed by atoms with Crippen LogP contribution in [0.25, 0.3) is 0 Å². The first-order chi connectivity index (χ1) is 12.8. The molecule has 8 heteroatoms. The van der Waals surface area contributed by atoms with E-state index in [0.29, 0.717) is 26.2 Å². The first kappa shape index (κ1) is 19.4. The molecule has 1 atom stereocenters. The average Bonchev–Trinajstić information content (AvgIpc) is 2.67. The predicted octanol–water partition coefficient (Wildman–Crippen LogP) is 1.77. The standard InChI is InChI=1S/C19H29N5O3/c1-19(2,3)27-18(26)24-8-4-5-15(14-24)17(25)23-11-9-22(10-12-23)16-13-20-6-7-21-16/h6-7,13,15H,4-5,8-12,14H2,1-3H3. The number of piperidine rings is 1. The molecule has 2 aliphatic heterocycles. The van der Waals surface area contributed by atoms with Crippen molar-refractivity contribution in [2.45, 2.75) is 39.2 Å². The van der Waals surface area contributed by atoms with E-state index in [1.165, 1.54) is 0 Å². The molecule has 0 bridgehead atoms. The quantitative estimate of drug-likeness (QED) is 0.784. The Morgan fingerprint density at radius 2 is 1.81 bits per heavy atom. The first-order valence-electron chi connectivity index (χ1n) is 9.61. The minimum Gasteiger partial charge on any atom is -0.444 e. The van der Waals surface area contributed by atoms with Crippen molar-refractivity contribution in [3.63, 3.8) is 0 Å². The zero-order valence-corrected chi connectivity index (χ0v) is 16.4. The SMILES string of the molecule is CC(C)(C)OC(=O)N1CCCC(C(=O)N2CCN(c3cnccn3)CC2)C1. The Kier molecular flexibility index (Phi) is 5.82. The van der Waals surface area contributed by atoms with Crippen molar-refractivity contribution in [1.82, 2.24) is 19.8 Å². The average molecular weight is 375 g/mol. The third kappa shape index (κ3) is 5.08. The summed E-state index contributed by atoms with van der Waals surface area (Å²) in [5.74, 6) is 0.842. The molecule has 8 nitrogen and oxygen atoms in total. The van der Waals surface area contributed by atoms with Crippen LogP contribution in [0.5, 0.6) is 0 Å². The number of likely N-dealkylation sites (tertiary alicyclic amines) is 1. The van der Waals surface area contributed by atoms with Gasteiger partial charge in [-0.05, 0) is 33.6 Å². The van der Waals surface area contributed by atoms with Gasteiger partial charge in [-0.3, -0.25) is 9.78 Å². The van der Waals surface area contributed by atoms with Crippen LogP contribution in [0.1, 0.15) is 33.6 Å². The second kappa shape index (κ2) is 8.10. The number of nitrogens with zero attached hydrogens (tertiary/aromatic N) is 5. The number of hydrogen-bond donors (Lipinski definition) is 0. The van der Waals surface area contributed by atoms with Crippen LogP contribution in [-0.4, -0.2) is 76.6 Å². The smallest absolute Gasteiger partial charge is 0.410 e. The second-order valence-electron chi connectivity index (χ2n) is 8.14. The van der Waals surface area contributed by atoms with Crippen LogP contribution in [0.3, 0.4) is 0 Å². The lowest BCUT2D eigenvalue weighted by atomic mass is 9.96. The van der Waals surface area contributed by atoms with Gasteiger partial charge in [0.1, 0.15) is 11.4 Å². The Labute approximate surface area is 160 Å². The van der Waals surface area contributed by atoms with E-state index in [-0.39, 0.29) is 17.9 Å². The van der Waals surface area contributed by atoms with Gasteiger partial charge in [0.05, 0.1) is 12.1 Å². The number of amides is 2. The van der Waals surface area contributed by atoms with Gasteiger partial charge in [0.15, 0.2) is 0 Å². The Morgan fingerprint density at radius 1 is 1.07 bits per heavy atom. The highest BCUT2D eigenvalue weighted by Crippen LogP contribution is 2.22. The Hall–Kier alpha value is -2.38. The summed E-state index contributed by atoms with van der Waals surface area (Å²) < 4.78 is 5.46. The van der Waals surface area contributed by atoms with Gasteiger partial charge in [0.25, 0.3) is 0 Å². The van der Waals surface area contributed by atoms with Crippen molar-refractivity contribution in [3.05, 3.63) is 18.6 Å². The van der Waals surface area contributed by atoms with Gasteiger partial charge in [-0.2, -0.15) is 0 Å². The molecular weight excluding hydrogens is 346 g/mol. The predicted molar refractivity (Wildman–Crippen MR) is 101 cm³/mol. The molecule has 148 valence electrons. The fourth-order valence-corrected chi connectivity index (χ4v) is 3.54. The molecule has 27 heavy (non-hydrogen) atoms. The van der Waals surface area contributed by atoms with E-state index in [1.807, 2.05) is 25.7 Å². The van der Waals surface area contributed by atoms with Gasteiger partial charge < -0.3 is 19.4 Å². The van der Waals surface area contributed by atoms with E-state index in [9.17, 15) is 9.59 Å². The topological polar surface area (TPSA) is 78.9 Å². The summed E-state index contributed by atoms with van der Waals surface area (Å²) in [5.41, 5.74) is -0.523. The maximum absolute atomic E-state index is 13.0. The molecule has 1 aromatic rings. The fourth-order valence-electron chi connectivity index (χ4n) is 3.54. The summed E-state index contributed by atoms with van der Waals surface area (Å²) in [4.78, 5) is 39.4. The number of aromatic nitrogens is 2. The summed E-state index contributed by atoms with van der Waals surface area (Å²) in [6.45, 7) is 9.48. The lowest BCUT2D eigenvalue weighted by Crippen LogP contribution is -2.53. The number of hydrogen-bond acceptors (Lipinski definition) is 6. The minimum atomic E-state index is -0.523. The monoisotopic (exact) mass is 375 g/mol. The van der Waals surface area contributed by atoms with Crippen molar-refractivity contribution < 1.29 is 14.3 Å². The summed E-state index contributed by atoms with van der Waals surface area (Å²) in [6, 6.07) is 0. The Morgan fingerprint density at radius 3 is 2.44 bits per heavy atom. The van der Waals surface area contributed by atoms with Crippen molar-refractivity contribution in [1.29, 1.82) is 0 Å². The molecule has 1 unspecified atom stereocenters. The van der Waals surface area contributed by atoms with Crippen molar-refractivity contribution in [2.24, 2.45) is 5.92 Å². The molecule has 2 aliphatic rings. The van der Waals surface area contributed by atoms with Crippen LogP contribution in [0, 0.1) is 5.92 Å². The number of ether oxygens (including phenoxy) is 1. The maximum Gasteiger partial charge on any atom is 0.410 e. The van der Waals surface area contributed by atoms with Crippen LogP contribution in [0.2, 0.25) is 0 Å². The molecule has 2 amide bonds. The molecule has 2 saturated heterocycles. The van der Waals surface area contributed by atoms with Crippen LogP contribution >= 0.6 is 0 Å². The lowest BCUT2D eigenvalue weighted by molar-refractivity contribution is -0.137. The largest absolute Gasteiger partial charge is 0.444 e. The van der Waals surface area contributed by atoms with E-state index in [1.54, 1.807) is 23.5 Å². The molecule has 0 aromatic carbocycles. The number of rotatable bonds is 2. The second-order valence-corrected chi connectivity index (χ2v) is 8.14. The third-order valence-electron chi connectivity index (χ3n) is 4.89. The summed E-state index contributed by atoms with van der Waals surface area (Å²) in [6.07, 6.45) is 6.41. The number of carbonyl (C=O) groups is 2. The molecule has 0 spiro atoms. The molecule has 0 saturated carbocycles. The summed E-state index contributed by atoms with van der Waals surface area (Å²) >= 11 is 0. The zero-order valence-electron chi connectivity index (χ0n) is 16.4. The van der Waals surface area contributed by atoms with Crippen molar-refractivity contribution in [2.75, 3.05) is 44.2 Å². The third-order valence-corrected chi connectivity index (χ3v) is 4.89. The number of anilines is 1. The Bertz CT molecular complexity index is 653. The van der Waals surface area contributed by atoms with Crippen LogP contribution in [0.15, 0.2) is 18.6 Å². The van der Waals surface area contributed by atoms with E-state index < -0.39 is 5.60 Å². The molecule has 1 aromatic heterocycles. The normalized spacial score (nSPS) is 21.1. The molecule has 0 aliphatic carbocycles. The maximum atomic E-state index is 13.0. The van der Waals surface area contributed by atoms with Crippen molar-refractivity contribution >= 4 is 17.8 Å². The van der Waals surface area contributed by atoms with E-state index in [2.05, 4.69) is 14.9 Å². The Balaban J connectivity index is 1.53. The number of piperazine rings is 1. The molecule has 2 fully saturated rings. The van der Waals surface area contributed by atoms with Crippen LogP contribution in [0.4, 0.5) is 10.6 Å². The van der Waals surface area contributed by atoms with Gasteiger partial charge in [0, 0.05) is 51.7 Å². The summed E-state index contributed by atoms with van der Waals surface area (Å²) in [5, 5.41) is 0. The van der Waals surface area contributed by atoms with E-state index >= 15 is 0 Å². The van der Waals surface area contributed by atoms with E-state index in [0.717, 1.165) is 31.7 Å². The van der Waals surface area contributed by atoms with Crippen molar-refractivity contribution in [3.8, 4) is 0 Å². The van der Waals surface area contributed by atoms with Gasteiger partial charge in [-0.1, -0.05) is 0 Å². The molecular formula is C19H29N5O3. The van der Waals surface area contributed by atoms with Gasteiger partial charge in [-0.25, -0.2) is 9.78 Å².